The predicted molar refractivity (Wildman–Crippen MR) is 168 cm³/mol. The van der Waals surface area contributed by atoms with Gasteiger partial charge in [0.25, 0.3) is 5.91 Å². The first-order valence-electron chi connectivity index (χ1n) is 12.9. The smallest absolute Gasteiger partial charge is 0.251 e. The minimum Gasteiger partial charge on any atom is -0.485 e. The first kappa shape index (κ1) is 31.1. The number of nitrogens with one attached hydrogen (secondary N) is 2. The monoisotopic (exact) mass is 671 g/mol. The first-order chi connectivity index (χ1) is 20.1. The van der Waals surface area contributed by atoms with E-state index in [0.717, 1.165) is 15.9 Å². The molecule has 0 spiro atoms. The van der Waals surface area contributed by atoms with Gasteiger partial charge in [-0.1, -0.05) is 35.3 Å². The summed E-state index contributed by atoms with van der Waals surface area (Å²) in [5.41, 5.74) is 3.64. The largest absolute Gasteiger partial charge is 0.485 e. The Labute approximate surface area is 261 Å². The Balaban J connectivity index is 1.37. The molecule has 0 fully saturated rings. The van der Waals surface area contributed by atoms with Crippen LogP contribution in [0.3, 0.4) is 0 Å². The van der Waals surface area contributed by atoms with Gasteiger partial charge in [0.1, 0.15) is 11.2 Å². The zero-order chi connectivity index (χ0) is 30.4. The van der Waals surface area contributed by atoms with E-state index < -0.39 is 5.91 Å². The Morgan fingerprint density at radius 3 is 2.55 bits per heavy atom. The molecule has 42 heavy (non-hydrogen) atoms. The van der Waals surface area contributed by atoms with E-state index >= 15 is 0 Å². The number of aromatic nitrogens is 2. The van der Waals surface area contributed by atoms with E-state index in [1.54, 1.807) is 55.6 Å². The number of anilines is 1. The lowest BCUT2D eigenvalue weighted by Gasteiger charge is -2.21. The highest BCUT2D eigenvalue weighted by Crippen LogP contribution is 2.35. The van der Waals surface area contributed by atoms with Crippen LogP contribution in [0.1, 0.15) is 34.1 Å². The molecular formula is C30H28BrCl2N5O4. The summed E-state index contributed by atoms with van der Waals surface area (Å²) in [7, 11) is 1.56. The molecule has 0 radical (unpaired) electrons. The van der Waals surface area contributed by atoms with Crippen molar-refractivity contribution in [1.82, 2.24) is 20.0 Å². The van der Waals surface area contributed by atoms with E-state index in [9.17, 15) is 14.4 Å². The van der Waals surface area contributed by atoms with Crippen LogP contribution >= 0.6 is 39.1 Å². The van der Waals surface area contributed by atoms with Crippen molar-refractivity contribution in [2.45, 2.75) is 20.5 Å². The molecule has 2 N–H and O–H groups in total. The molecule has 0 atom stereocenters. The highest BCUT2D eigenvalue weighted by atomic mass is 79.9. The van der Waals surface area contributed by atoms with Crippen molar-refractivity contribution in [2.24, 2.45) is 0 Å². The molecule has 0 aliphatic carbocycles. The number of nitrogens with zero attached hydrogens (tertiary/aromatic N) is 3. The number of carbonyl (C=O) groups is 3. The third-order valence-electron chi connectivity index (χ3n) is 6.34. The summed E-state index contributed by atoms with van der Waals surface area (Å²) in [5, 5.41) is 5.95. The molecule has 4 aromatic rings. The second kappa shape index (κ2) is 13.9. The summed E-state index contributed by atoms with van der Waals surface area (Å²) in [5.74, 6) is -0.455. The number of imidazole rings is 1. The second-order valence-electron chi connectivity index (χ2n) is 9.19. The van der Waals surface area contributed by atoms with Gasteiger partial charge in [0.2, 0.25) is 11.8 Å². The fourth-order valence-electron chi connectivity index (χ4n) is 4.02. The Morgan fingerprint density at radius 2 is 1.83 bits per heavy atom. The maximum atomic E-state index is 12.9. The average molecular weight is 673 g/mol. The fourth-order valence-corrected chi connectivity index (χ4v) is 5.00. The molecule has 218 valence electrons. The molecule has 9 nitrogen and oxygen atoms in total. The number of ether oxygens (including phenoxy) is 1. The second-order valence-corrected chi connectivity index (χ2v) is 10.7. The maximum absolute atomic E-state index is 12.9. The number of aryl methyl sites for hydroxylation is 1. The summed E-state index contributed by atoms with van der Waals surface area (Å²) < 4.78 is 8.74. The van der Waals surface area contributed by atoms with E-state index in [1.807, 2.05) is 30.5 Å². The quantitative estimate of drug-likeness (QED) is 0.206. The van der Waals surface area contributed by atoms with Gasteiger partial charge in [0.15, 0.2) is 11.4 Å². The van der Waals surface area contributed by atoms with Crippen LogP contribution in [0.15, 0.2) is 65.4 Å². The molecule has 4 rings (SSSR count). The Kier molecular flexibility index (Phi) is 10.3. The van der Waals surface area contributed by atoms with E-state index in [1.165, 1.54) is 11.0 Å². The first-order valence-corrected chi connectivity index (χ1v) is 14.5. The minimum absolute atomic E-state index is 0.0442. The van der Waals surface area contributed by atoms with Crippen molar-refractivity contribution < 1.29 is 19.1 Å². The molecule has 0 unspecified atom stereocenters. The fraction of sp³-hybridized carbons (Fsp3) is 0.200. The lowest BCUT2D eigenvalue weighted by Crippen LogP contribution is -2.37. The molecule has 2 aromatic carbocycles. The summed E-state index contributed by atoms with van der Waals surface area (Å²) in [6, 6.07) is 13.7. The van der Waals surface area contributed by atoms with Crippen LogP contribution in [0.5, 0.6) is 5.75 Å². The van der Waals surface area contributed by atoms with Crippen LogP contribution in [-0.4, -0.2) is 47.2 Å². The normalized spacial score (nSPS) is 11.1. The highest BCUT2D eigenvalue weighted by molar-refractivity contribution is 9.10. The van der Waals surface area contributed by atoms with E-state index in [4.69, 9.17) is 27.9 Å². The molecule has 0 aliphatic heterocycles. The van der Waals surface area contributed by atoms with Crippen molar-refractivity contribution in [1.29, 1.82) is 0 Å². The van der Waals surface area contributed by atoms with E-state index in [0.29, 0.717) is 39.8 Å². The Hall–Kier alpha value is -3.86. The van der Waals surface area contributed by atoms with Crippen molar-refractivity contribution in [3.05, 3.63) is 97.8 Å². The molecule has 0 saturated carbocycles. The van der Waals surface area contributed by atoms with E-state index in [-0.39, 0.29) is 30.0 Å². The van der Waals surface area contributed by atoms with Crippen LogP contribution in [0.2, 0.25) is 10.0 Å². The number of hydrogen-bond donors (Lipinski definition) is 2. The van der Waals surface area contributed by atoms with Gasteiger partial charge in [-0.25, -0.2) is 4.98 Å². The summed E-state index contributed by atoms with van der Waals surface area (Å²) >= 11 is 16.6. The molecule has 0 bridgehead atoms. The third-order valence-corrected chi connectivity index (χ3v) is 8.07. The molecule has 0 saturated heterocycles. The number of hydrogen-bond acceptors (Lipinski definition) is 5. The van der Waals surface area contributed by atoms with Crippen LogP contribution in [0.4, 0.5) is 5.69 Å². The van der Waals surface area contributed by atoms with Crippen LogP contribution < -0.4 is 20.3 Å². The standard InChI is InChI=1S/C30H28BrCl2N5O4/c1-4-34-30(41)20-10-7-19(8-11-20)9-14-25(39)35-16-26(40)37(3)23-13-12-22(32)21(27(23)33)17-42-24-6-5-15-38-28(31)18(2)36-29(24)38/h5-15H,4,16-17H2,1-3H3,(H,34,41)(H,35,39)/b14-9+. The summed E-state index contributed by atoms with van der Waals surface area (Å²) in [6.07, 6.45) is 4.78. The number of pyridine rings is 1. The van der Waals surface area contributed by atoms with Crippen LogP contribution in [0.25, 0.3) is 11.7 Å². The highest BCUT2D eigenvalue weighted by Gasteiger charge is 2.20. The Morgan fingerprint density at radius 1 is 1.10 bits per heavy atom. The number of likely N-dealkylation sites (N-methyl/N-ethyl adjacent to an activating group) is 1. The number of benzene rings is 2. The van der Waals surface area contributed by atoms with Gasteiger partial charge in [0.05, 0.1) is 22.9 Å². The van der Waals surface area contributed by atoms with Crippen molar-refractivity contribution in [2.75, 3.05) is 25.0 Å². The summed E-state index contributed by atoms with van der Waals surface area (Å²) in [4.78, 5) is 43.0. The van der Waals surface area contributed by atoms with Crippen molar-refractivity contribution in [3.8, 4) is 5.75 Å². The molecule has 2 aromatic heterocycles. The summed E-state index contributed by atoms with van der Waals surface area (Å²) in [6.45, 7) is 4.06. The number of carbonyl (C=O) groups excluding carboxylic acids is 3. The average Bonchev–Trinajstić information content (AvgIpc) is 3.28. The van der Waals surface area contributed by atoms with Crippen LogP contribution in [-0.2, 0) is 16.2 Å². The number of rotatable bonds is 10. The zero-order valence-electron chi connectivity index (χ0n) is 23.1. The lowest BCUT2D eigenvalue weighted by atomic mass is 10.1. The van der Waals surface area contributed by atoms with Gasteiger partial charge in [0, 0.05) is 42.0 Å². The van der Waals surface area contributed by atoms with Crippen LogP contribution in [0, 0.1) is 6.92 Å². The molecular weight excluding hydrogens is 645 g/mol. The van der Waals surface area contributed by atoms with Gasteiger partial charge in [-0.2, -0.15) is 0 Å². The topological polar surface area (TPSA) is 105 Å². The van der Waals surface area contributed by atoms with Gasteiger partial charge >= 0.3 is 0 Å². The van der Waals surface area contributed by atoms with Crippen molar-refractivity contribution in [3.63, 3.8) is 0 Å². The number of halogens is 3. The van der Waals surface area contributed by atoms with Gasteiger partial charge in [-0.05, 0) is 77.8 Å². The molecule has 3 amide bonds. The molecule has 12 heteroatoms. The maximum Gasteiger partial charge on any atom is 0.251 e. The Bertz CT molecular complexity index is 1670. The van der Waals surface area contributed by atoms with Gasteiger partial charge in [-0.3, -0.25) is 18.8 Å². The van der Waals surface area contributed by atoms with Gasteiger partial charge < -0.3 is 20.3 Å². The molecule has 2 heterocycles. The predicted octanol–water partition coefficient (Wildman–Crippen LogP) is 5.83. The lowest BCUT2D eigenvalue weighted by molar-refractivity contribution is -0.122. The SMILES string of the molecule is CCNC(=O)c1ccc(/C=C/C(=O)NCC(=O)N(C)c2ccc(Cl)c(COc3cccn4c(Br)c(C)nc34)c2Cl)cc1. The van der Waals surface area contributed by atoms with E-state index in [2.05, 4.69) is 31.5 Å². The third kappa shape index (κ3) is 7.13. The molecule has 0 aliphatic rings. The van der Waals surface area contributed by atoms with Crippen molar-refractivity contribution >= 4 is 74.3 Å². The van der Waals surface area contributed by atoms with Gasteiger partial charge in [-0.15, -0.1) is 0 Å². The zero-order valence-corrected chi connectivity index (χ0v) is 26.2. The minimum atomic E-state index is -0.448. The number of amides is 3. The number of fused-ring (bicyclic) bond motifs is 1.